The molecule has 188 valence electrons. The van der Waals surface area contributed by atoms with Crippen LogP contribution in [0.3, 0.4) is 0 Å². The first-order valence-corrected chi connectivity index (χ1v) is 12.6. The van der Waals surface area contributed by atoms with Gasteiger partial charge in [-0.3, -0.25) is 14.7 Å². The van der Waals surface area contributed by atoms with Gasteiger partial charge in [-0.15, -0.1) is 0 Å². The number of ether oxygens (including phenoxy) is 1. The minimum atomic E-state index is -0.786. The highest BCUT2D eigenvalue weighted by Crippen LogP contribution is 2.36. The molecule has 1 fully saturated rings. The van der Waals surface area contributed by atoms with E-state index in [0.717, 1.165) is 55.9 Å². The van der Waals surface area contributed by atoms with Gasteiger partial charge in [-0.05, 0) is 76.3 Å². The van der Waals surface area contributed by atoms with E-state index in [9.17, 15) is 9.90 Å². The molecule has 0 amide bonds. The third-order valence-electron chi connectivity index (χ3n) is 7.82. The Labute approximate surface area is 205 Å². The van der Waals surface area contributed by atoms with E-state index in [2.05, 4.69) is 63.6 Å². The molecule has 1 aromatic rings. The van der Waals surface area contributed by atoms with E-state index in [4.69, 9.17) is 9.73 Å². The number of benzene rings is 1. The van der Waals surface area contributed by atoms with Gasteiger partial charge in [0.25, 0.3) is 0 Å². The Bertz CT molecular complexity index is 940. The maximum atomic E-state index is 11.6. The van der Waals surface area contributed by atoms with Crippen LogP contribution in [0, 0.1) is 19.3 Å². The van der Waals surface area contributed by atoms with E-state index in [1.807, 2.05) is 13.0 Å². The third-order valence-corrected chi connectivity index (χ3v) is 7.82. The lowest BCUT2D eigenvalue weighted by atomic mass is 9.81. The van der Waals surface area contributed by atoms with Crippen LogP contribution < -0.4 is 4.74 Å². The number of nitrogens with zero attached hydrogens (tertiary/aromatic N) is 3. The van der Waals surface area contributed by atoms with Crippen LogP contribution in [0.1, 0.15) is 64.5 Å². The summed E-state index contributed by atoms with van der Waals surface area (Å²) >= 11 is 0. The molecule has 0 aliphatic carbocycles. The number of likely N-dealkylation sites (N-methyl/N-ethyl adjacent to an activating group) is 1. The van der Waals surface area contributed by atoms with Gasteiger partial charge in [-0.25, -0.2) is 0 Å². The van der Waals surface area contributed by atoms with Crippen molar-refractivity contribution in [3.63, 3.8) is 0 Å². The first-order chi connectivity index (χ1) is 16.0. The molecule has 1 N–H and O–H groups in total. The molecule has 0 bridgehead atoms. The molecule has 0 aromatic heterocycles. The molecule has 0 spiro atoms. The Morgan fingerprint density at radius 1 is 1.24 bits per heavy atom. The molecule has 2 aliphatic rings. The fourth-order valence-electron chi connectivity index (χ4n) is 4.87. The summed E-state index contributed by atoms with van der Waals surface area (Å²) in [7, 11) is 2.12. The van der Waals surface area contributed by atoms with Gasteiger partial charge < -0.3 is 14.7 Å². The number of hydrogen-bond acceptors (Lipinski definition) is 5. The maximum Gasteiger partial charge on any atom is 0.307 e. The quantitative estimate of drug-likeness (QED) is 0.546. The van der Waals surface area contributed by atoms with Crippen LogP contribution in [0.2, 0.25) is 0 Å². The number of dihydropyridines is 1. The van der Waals surface area contributed by atoms with E-state index >= 15 is 0 Å². The predicted molar refractivity (Wildman–Crippen MR) is 139 cm³/mol. The zero-order chi connectivity index (χ0) is 25.0. The predicted octanol–water partition coefficient (Wildman–Crippen LogP) is 5.09. The van der Waals surface area contributed by atoms with E-state index in [-0.39, 0.29) is 18.5 Å². The Balaban J connectivity index is 1.66. The van der Waals surface area contributed by atoms with Crippen molar-refractivity contribution >= 4 is 11.7 Å². The lowest BCUT2D eigenvalue weighted by Gasteiger charge is -2.43. The number of hydrogen-bond donors (Lipinski definition) is 1. The van der Waals surface area contributed by atoms with Crippen LogP contribution in [0.5, 0.6) is 5.75 Å². The number of likely N-dealkylation sites (tertiary alicyclic amines) is 1. The van der Waals surface area contributed by atoms with Crippen molar-refractivity contribution in [3.8, 4) is 5.75 Å². The van der Waals surface area contributed by atoms with Gasteiger partial charge in [0.15, 0.2) is 0 Å². The topological polar surface area (TPSA) is 65.4 Å². The van der Waals surface area contributed by atoms with Gasteiger partial charge >= 0.3 is 5.97 Å². The van der Waals surface area contributed by atoms with E-state index < -0.39 is 5.97 Å². The Morgan fingerprint density at radius 3 is 2.53 bits per heavy atom. The molecule has 6 nitrogen and oxygen atoms in total. The number of aliphatic carboxylic acids is 1. The zero-order valence-electron chi connectivity index (χ0n) is 22.1. The van der Waals surface area contributed by atoms with Crippen molar-refractivity contribution in [1.82, 2.24) is 9.80 Å². The standard InChI is InChI=1S/C28H43N3O3/c1-19-8-9-23(16-20(19)2)34-15-14-30(7)22(4)25-18-26(24(17-27(32)33)21(3)29-25)31-12-10-28(5,6)11-13-31/h8-9,16,22,25H,10-15,17-18H2,1-7H3,(H,32,33)/t22-,25?/m1/s1. The summed E-state index contributed by atoms with van der Waals surface area (Å²) in [5.74, 6) is 0.124. The molecule has 2 aliphatic heterocycles. The Hall–Kier alpha value is -2.34. The normalized spacial score (nSPS) is 21.5. The highest BCUT2D eigenvalue weighted by molar-refractivity contribution is 6.02. The van der Waals surface area contributed by atoms with Crippen molar-refractivity contribution < 1.29 is 14.6 Å². The number of aliphatic imine (C=N–C) groups is 1. The molecule has 1 unspecified atom stereocenters. The SMILES string of the molecule is CC1=NC([C@@H](C)N(C)CCOc2ccc(C)c(C)c2)CC(N2CCC(C)(C)CC2)=C1CC(=O)O. The smallest absolute Gasteiger partial charge is 0.307 e. The second kappa shape index (κ2) is 10.9. The highest BCUT2D eigenvalue weighted by atomic mass is 16.5. The van der Waals surface area contributed by atoms with Gasteiger partial charge in [0.05, 0.1) is 12.5 Å². The van der Waals surface area contributed by atoms with Crippen LogP contribution in [0.15, 0.2) is 34.5 Å². The van der Waals surface area contributed by atoms with Crippen LogP contribution >= 0.6 is 0 Å². The summed E-state index contributed by atoms with van der Waals surface area (Å²) < 4.78 is 6.01. The second-order valence-electron chi connectivity index (χ2n) is 10.9. The number of piperidine rings is 1. The van der Waals surface area contributed by atoms with Gasteiger partial charge in [-0.2, -0.15) is 0 Å². The van der Waals surface area contributed by atoms with Crippen LogP contribution in [-0.4, -0.2) is 72.0 Å². The largest absolute Gasteiger partial charge is 0.492 e. The Kier molecular flexibility index (Phi) is 8.45. The summed E-state index contributed by atoms with van der Waals surface area (Å²) in [6.45, 7) is 16.5. The van der Waals surface area contributed by atoms with Gasteiger partial charge in [-0.1, -0.05) is 19.9 Å². The molecule has 3 rings (SSSR count). The van der Waals surface area contributed by atoms with Crippen LogP contribution in [0.25, 0.3) is 0 Å². The van der Waals surface area contributed by atoms with Crippen molar-refractivity contribution in [2.24, 2.45) is 10.4 Å². The molecular formula is C28H43N3O3. The van der Waals surface area contributed by atoms with Crippen LogP contribution in [0.4, 0.5) is 0 Å². The maximum absolute atomic E-state index is 11.6. The van der Waals surface area contributed by atoms with Gasteiger partial charge in [0.2, 0.25) is 0 Å². The fourth-order valence-corrected chi connectivity index (χ4v) is 4.87. The molecule has 0 radical (unpaired) electrons. The van der Waals surface area contributed by atoms with E-state index in [1.54, 1.807) is 0 Å². The summed E-state index contributed by atoms with van der Waals surface area (Å²) in [5, 5.41) is 9.54. The average molecular weight is 470 g/mol. The number of aryl methyl sites for hydroxylation is 2. The number of carboxylic acid groups (broad SMARTS) is 1. The van der Waals surface area contributed by atoms with Crippen molar-refractivity contribution in [2.75, 3.05) is 33.3 Å². The first-order valence-electron chi connectivity index (χ1n) is 12.6. The molecule has 34 heavy (non-hydrogen) atoms. The molecule has 1 aromatic carbocycles. The fraction of sp³-hybridized carbons (Fsp3) is 0.643. The van der Waals surface area contributed by atoms with Crippen molar-refractivity contribution in [2.45, 2.75) is 79.3 Å². The molecule has 0 saturated carbocycles. The lowest BCUT2D eigenvalue weighted by Crippen LogP contribution is -2.45. The number of carbonyl (C=O) groups is 1. The van der Waals surface area contributed by atoms with E-state index in [1.165, 1.54) is 16.8 Å². The molecule has 2 heterocycles. The highest BCUT2D eigenvalue weighted by Gasteiger charge is 2.33. The second-order valence-corrected chi connectivity index (χ2v) is 10.9. The zero-order valence-corrected chi connectivity index (χ0v) is 22.1. The number of rotatable bonds is 9. The summed E-state index contributed by atoms with van der Waals surface area (Å²) in [6.07, 6.45) is 3.10. The monoisotopic (exact) mass is 469 g/mol. The molecule has 6 heteroatoms. The lowest BCUT2D eigenvalue weighted by molar-refractivity contribution is -0.136. The average Bonchev–Trinajstić information content (AvgIpc) is 2.76. The van der Waals surface area contributed by atoms with Gasteiger partial charge in [0, 0.05) is 49.1 Å². The Morgan fingerprint density at radius 2 is 1.91 bits per heavy atom. The first kappa shape index (κ1) is 26.3. The summed E-state index contributed by atoms with van der Waals surface area (Å²) in [4.78, 5) is 21.3. The molecule has 2 atom stereocenters. The van der Waals surface area contributed by atoms with Gasteiger partial charge in [0.1, 0.15) is 12.4 Å². The minimum Gasteiger partial charge on any atom is -0.492 e. The van der Waals surface area contributed by atoms with E-state index in [0.29, 0.717) is 12.0 Å². The summed E-state index contributed by atoms with van der Waals surface area (Å²) in [6, 6.07) is 6.55. The molecule has 1 saturated heterocycles. The number of carboxylic acids is 1. The minimum absolute atomic E-state index is 0.0469. The van der Waals surface area contributed by atoms with Crippen LogP contribution in [-0.2, 0) is 4.79 Å². The van der Waals surface area contributed by atoms with Crippen molar-refractivity contribution in [1.29, 1.82) is 0 Å². The summed E-state index contributed by atoms with van der Waals surface area (Å²) in [5.41, 5.74) is 5.85. The molecular weight excluding hydrogens is 426 g/mol. The third kappa shape index (κ3) is 6.62. The van der Waals surface area contributed by atoms with Crippen molar-refractivity contribution in [3.05, 3.63) is 40.6 Å².